The Morgan fingerprint density at radius 1 is 0.500 bits per heavy atom. The van der Waals surface area contributed by atoms with E-state index in [0.717, 1.165) is 37.3 Å². The molecule has 0 amide bonds. The van der Waals surface area contributed by atoms with Crippen molar-refractivity contribution in [3.63, 3.8) is 0 Å². The smallest absolute Gasteiger partial charge is 0.123 e. The van der Waals surface area contributed by atoms with Crippen LogP contribution < -0.4 is 10.6 Å². The maximum atomic E-state index is 12.8. The molecule has 2 aromatic rings. The third kappa shape index (κ3) is 7.44. The van der Waals surface area contributed by atoms with Crippen LogP contribution in [0.5, 0.6) is 0 Å². The summed E-state index contributed by atoms with van der Waals surface area (Å²) in [6.45, 7) is 1.86. The van der Waals surface area contributed by atoms with Gasteiger partial charge in [-0.25, -0.2) is 8.78 Å². The summed E-state index contributed by atoms with van der Waals surface area (Å²) in [6.07, 6.45) is 7.15. The molecule has 0 aliphatic heterocycles. The van der Waals surface area contributed by atoms with Gasteiger partial charge in [-0.2, -0.15) is 0 Å². The topological polar surface area (TPSA) is 24.1 Å². The number of benzene rings is 2. The van der Waals surface area contributed by atoms with Gasteiger partial charge in [-0.3, -0.25) is 0 Å². The minimum Gasteiger partial charge on any atom is -0.385 e. The highest BCUT2D eigenvalue weighted by Gasteiger charge is 1.95. The molecule has 2 aromatic carbocycles. The van der Waals surface area contributed by atoms with E-state index in [4.69, 9.17) is 0 Å². The minimum atomic E-state index is -0.200. The maximum absolute atomic E-state index is 12.8. The van der Waals surface area contributed by atoms with Crippen molar-refractivity contribution in [3.05, 3.63) is 60.2 Å². The summed E-state index contributed by atoms with van der Waals surface area (Å²) in [5.41, 5.74) is 1.95. The van der Waals surface area contributed by atoms with E-state index in [9.17, 15) is 8.78 Å². The fourth-order valence-corrected chi connectivity index (χ4v) is 2.56. The van der Waals surface area contributed by atoms with Gasteiger partial charge in [0.25, 0.3) is 0 Å². The van der Waals surface area contributed by atoms with Crippen LogP contribution in [-0.2, 0) is 0 Å². The van der Waals surface area contributed by atoms with Crippen molar-refractivity contribution < 1.29 is 8.78 Å². The van der Waals surface area contributed by atoms with E-state index in [-0.39, 0.29) is 11.6 Å². The number of anilines is 2. The molecule has 2 nitrogen and oxygen atoms in total. The number of nitrogens with one attached hydrogen (secondary N) is 2. The first-order valence-electron chi connectivity index (χ1n) is 8.73. The lowest BCUT2D eigenvalue weighted by molar-refractivity contribution is 0.610. The zero-order chi connectivity index (χ0) is 17.0. The zero-order valence-electron chi connectivity index (χ0n) is 14.0. The number of halogens is 2. The predicted octanol–water partition coefficient (Wildman–Crippen LogP) is 5.83. The van der Waals surface area contributed by atoms with E-state index < -0.39 is 0 Å². The Balaban J connectivity index is 1.40. The fourth-order valence-electron chi connectivity index (χ4n) is 2.56. The lowest BCUT2D eigenvalue weighted by atomic mass is 10.1. The second-order valence-corrected chi connectivity index (χ2v) is 5.99. The van der Waals surface area contributed by atoms with Crippen molar-refractivity contribution >= 4 is 11.4 Å². The first-order valence-corrected chi connectivity index (χ1v) is 8.73. The van der Waals surface area contributed by atoms with Gasteiger partial charge in [-0.05, 0) is 61.4 Å². The number of rotatable bonds is 11. The first-order chi connectivity index (χ1) is 11.7. The average Bonchev–Trinajstić information content (AvgIpc) is 2.60. The molecule has 0 spiro atoms. The Labute approximate surface area is 143 Å². The molecule has 0 bridgehead atoms. The largest absolute Gasteiger partial charge is 0.385 e. The first kappa shape index (κ1) is 18.2. The molecule has 0 saturated heterocycles. The van der Waals surface area contributed by atoms with Crippen molar-refractivity contribution in [3.8, 4) is 0 Å². The molecule has 0 atom stereocenters. The van der Waals surface area contributed by atoms with Crippen LogP contribution in [0.1, 0.15) is 38.5 Å². The molecule has 0 heterocycles. The summed E-state index contributed by atoms with van der Waals surface area (Å²) < 4.78 is 25.5. The van der Waals surface area contributed by atoms with E-state index >= 15 is 0 Å². The number of unbranched alkanes of at least 4 members (excludes halogenated alkanes) is 5. The molecule has 0 aliphatic rings. The van der Waals surface area contributed by atoms with Gasteiger partial charge in [0.1, 0.15) is 11.6 Å². The van der Waals surface area contributed by atoms with Crippen LogP contribution in [0, 0.1) is 11.6 Å². The van der Waals surface area contributed by atoms with Crippen LogP contribution in [0.15, 0.2) is 48.5 Å². The van der Waals surface area contributed by atoms with E-state index in [1.165, 1.54) is 49.9 Å². The Bertz CT molecular complexity index is 514. The van der Waals surface area contributed by atoms with Crippen molar-refractivity contribution in [2.75, 3.05) is 23.7 Å². The summed E-state index contributed by atoms with van der Waals surface area (Å²) >= 11 is 0. The molecule has 0 aliphatic carbocycles. The standard InChI is InChI=1S/C20H26F2N2/c21-17-7-11-19(12-8-17)23-15-5-3-1-2-4-6-16-24-20-13-9-18(22)10-14-20/h7-14,23-24H,1-6,15-16H2. The Kier molecular flexibility index (Phi) is 8.08. The van der Waals surface area contributed by atoms with Crippen molar-refractivity contribution in [2.24, 2.45) is 0 Å². The normalized spacial score (nSPS) is 10.6. The van der Waals surface area contributed by atoms with Crippen LogP contribution in [0.3, 0.4) is 0 Å². The molecule has 0 unspecified atom stereocenters. The van der Waals surface area contributed by atoms with E-state index in [0.29, 0.717) is 0 Å². The van der Waals surface area contributed by atoms with Crippen LogP contribution in [0.2, 0.25) is 0 Å². The highest BCUT2D eigenvalue weighted by molar-refractivity contribution is 5.43. The van der Waals surface area contributed by atoms with E-state index in [1.807, 2.05) is 0 Å². The third-order valence-corrected chi connectivity index (χ3v) is 3.95. The molecule has 2 rings (SSSR count). The Morgan fingerprint density at radius 3 is 1.21 bits per heavy atom. The van der Waals surface area contributed by atoms with Crippen molar-refractivity contribution in [1.82, 2.24) is 0 Å². The molecular formula is C20H26F2N2. The quantitative estimate of drug-likeness (QED) is 0.506. The second-order valence-electron chi connectivity index (χ2n) is 5.99. The van der Waals surface area contributed by atoms with Gasteiger partial charge >= 0.3 is 0 Å². The van der Waals surface area contributed by atoms with Gasteiger partial charge in [0, 0.05) is 24.5 Å². The van der Waals surface area contributed by atoms with E-state index in [2.05, 4.69) is 10.6 Å². The van der Waals surface area contributed by atoms with Crippen LogP contribution >= 0.6 is 0 Å². The van der Waals surface area contributed by atoms with Crippen LogP contribution in [0.25, 0.3) is 0 Å². The van der Waals surface area contributed by atoms with Crippen molar-refractivity contribution in [2.45, 2.75) is 38.5 Å². The Morgan fingerprint density at radius 2 is 0.833 bits per heavy atom. The van der Waals surface area contributed by atoms with Crippen LogP contribution in [-0.4, -0.2) is 13.1 Å². The summed E-state index contributed by atoms with van der Waals surface area (Å²) in [4.78, 5) is 0. The molecule has 130 valence electrons. The monoisotopic (exact) mass is 332 g/mol. The zero-order valence-corrected chi connectivity index (χ0v) is 14.0. The van der Waals surface area contributed by atoms with Gasteiger partial charge in [0.2, 0.25) is 0 Å². The van der Waals surface area contributed by atoms with Gasteiger partial charge < -0.3 is 10.6 Å². The van der Waals surface area contributed by atoms with Gasteiger partial charge in [0.05, 0.1) is 0 Å². The molecule has 0 radical (unpaired) electrons. The highest BCUT2D eigenvalue weighted by Crippen LogP contribution is 2.11. The lowest BCUT2D eigenvalue weighted by Gasteiger charge is -2.07. The third-order valence-electron chi connectivity index (χ3n) is 3.95. The maximum Gasteiger partial charge on any atom is 0.123 e. The summed E-state index contributed by atoms with van der Waals surface area (Å²) in [5, 5.41) is 6.60. The number of hydrogen-bond donors (Lipinski definition) is 2. The summed E-state index contributed by atoms with van der Waals surface area (Å²) in [6, 6.07) is 13.0. The molecule has 2 N–H and O–H groups in total. The van der Waals surface area contributed by atoms with Gasteiger partial charge in [-0.1, -0.05) is 25.7 Å². The fraction of sp³-hybridized carbons (Fsp3) is 0.400. The lowest BCUT2D eigenvalue weighted by Crippen LogP contribution is -2.02. The van der Waals surface area contributed by atoms with Gasteiger partial charge in [-0.15, -0.1) is 0 Å². The van der Waals surface area contributed by atoms with E-state index in [1.54, 1.807) is 24.3 Å². The SMILES string of the molecule is Fc1ccc(NCCCCCCCCNc2ccc(F)cc2)cc1. The summed E-state index contributed by atoms with van der Waals surface area (Å²) in [5.74, 6) is -0.399. The minimum absolute atomic E-state index is 0.200. The molecule has 4 heteroatoms. The second kappa shape index (κ2) is 10.6. The van der Waals surface area contributed by atoms with Crippen LogP contribution in [0.4, 0.5) is 20.2 Å². The molecule has 0 fully saturated rings. The molecular weight excluding hydrogens is 306 g/mol. The predicted molar refractivity (Wildman–Crippen MR) is 97.5 cm³/mol. The molecule has 0 aromatic heterocycles. The van der Waals surface area contributed by atoms with Gasteiger partial charge in [0.15, 0.2) is 0 Å². The molecule has 24 heavy (non-hydrogen) atoms. The molecule has 0 saturated carbocycles. The highest BCUT2D eigenvalue weighted by atomic mass is 19.1. The Hall–Kier alpha value is -2.10. The average molecular weight is 332 g/mol. The summed E-state index contributed by atoms with van der Waals surface area (Å²) in [7, 11) is 0. The van der Waals surface area contributed by atoms with Crippen molar-refractivity contribution in [1.29, 1.82) is 0 Å². The number of hydrogen-bond acceptors (Lipinski definition) is 2.